The number of carbonyl (C=O) groups is 1. The van der Waals surface area contributed by atoms with Gasteiger partial charge in [-0.1, -0.05) is 17.7 Å². The lowest BCUT2D eigenvalue weighted by Crippen LogP contribution is -2.13. The number of carbonyl (C=O) groups excluding carboxylic acids is 1. The molecule has 0 saturated carbocycles. The van der Waals surface area contributed by atoms with E-state index in [1.54, 1.807) is 12.1 Å². The maximum Gasteiger partial charge on any atom is 0.305 e. The molecule has 21 heavy (non-hydrogen) atoms. The van der Waals surface area contributed by atoms with Crippen molar-refractivity contribution in [1.82, 2.24) is 0 Å². The highest BCUT2D eigenvalue weighted by atomic mass is 32.2. The van der Waals surface area contributed by atoms with E-state index in [-0.39, 0.29) is 36.1 Å². The summed E-state index contributed by atoms with van der Waals surface area (Å²) in [5.41, 5.74) is 0.974. The standard InChI is InChI=1S/C14H18O6S/c1-10-3-5-11(6-4-10)21(16,17)19-9-13-12(20-13)7-8-14(15)18-2/h3-6,12-13H,7-9H2,1-2H3. The summed E-state index contributed by atoms with van der Waals surface area (Å²) < 4.78 is 38.6. The van der Waals surface area contributed by atoms with Gasteiger partial charge in [-0.25, -0.2) is 0 Å². The molecule has 1 aromatic carbocycles. The summed E-state index contributed by atoms with van der Waals surface area (Å²) in [6.45, 7) is 1.84. The molecule has 2 unspecified atom stereocenters. The van der Waals surface area contributed by atoms with Crippen molar-refractivity contribution >= 4 is 16.1 Å². The molecule has 6 nitrogen and oxygen atoms in total. The third-order valence-corrected chi connectivity index (χ3v) is 4.54. The van der Waals surface area contributed by atoms with Gasteiger partial charge in [0.1, 0.15) is 6.10 Å². The molecule has 0 amide bonds. The molecular weight excluding hydrogens is 296 g/mol. The van der Waals surface area contributed by atoms with Crippen LogP contribution in [0.25, 0.3) is 0 Å². The Labute approximate surface area is 124 Å². The summed E-state index contributed by atoms with van der Waals surface area (Å²) in [6, 6.07) is 6.44. The van der Waals surface area contributed by atoms with Gasteiger partial charge in [-0.2, -0.15) is 8.42 Å². The highest BCUT2D eigenvalue weighted by Crippen LogP contribution is 2.28. The number of hydrogen-bond donors (Lipinski definition) is 0. The predicted molar refractivity (Wildman–Crippen MR) is 74.2 cm³/mol. The van der Waals surface area contributed by atoms with Crippen molar-refractivity contribution in [3.63, 3.8) is 0 Å². The summed E-state index contributed by atoms with van der Waals surface area (Å²) in [5, 5.41) is 0. The highest BCUT2D eigenvalue weighted by Gasteiger charge is 2.40. The molecule has 1 heterocycles. The number of ether oxygens (including phenoxy) is 2. The van der Waals surface area contributed by atoms with Gasteiger partial charge in [-0.3, -0.25) is 8.98 Å². The fourth-order valence-electron chi connectivity index (χ4n) is 1.87. The summed E-state index contributed by atoms with van der Waals surface area (Å²) in [7, 11) is -2.44. The van der Waals surface area contributed by atoms with E-state index < -0.39 is 10.1 Å². The van der Waals surface area contributed by atoms with Gasteiger partial charge in [-0.05, 0) is 25.5 Å². The SMILES string of the molecule is COC(=O)CCC1OC1COS(=O)(=O)c1ccc(C)cc1. The number of esters is 1. The largest absolute Gasteiger partial charge is 0.469 e. The molecule has 7 heteroatoms. The zero-order chi connectivity index (χ0) is 15.5. The van der Waals surface area contributed by atoms with Crippen LogP contribution in [0.4, 0.5) is 0 Å². The molecule has 0 aromatic heterocycles. The van der Waals surface area contributed by atoms with Crippen molar-refractivity contribution in [2.45, 2.75) is 36.9 Å². The smallest absolute Gasteiger partial charge is 0.305 e. The Kier molecular flexibility index (Phi) is 4.97. The first kappa shape index (κ1) is 15.9. The topological polar surface area (TPSA) is 82.2 Å². The maximum absolute atomic E-state index is 11.9. The second-order valence-corrected chi connectivity index (χ2v) is 6.49. The Morgan fingerprint density at radius 1 is 1.24 bits per heavy atom. The molecule has 1 fully saturated rings. The summed E-state index contributed by atoms with van der Waals surface area (Å²) in [5.74, 6) is -0.308. The third-order valence-electron chi connectivity index (χ3n) is 3.25. The van der Waals surface area contributed by atoms with Crippen LogP contribution in [0.3, 0.4) is 0 Å². The minimum Gasteiger partial charge on any atom is -0.469 e. The summed E-state index contributed by atoms with van der Waals surface area (Å²) in [4.78, 5) is 11.1. The molecule has 1 aliphatic heterocycles. The van der Waals surface area contributed by atoms with Crippen LogP contribution in [-0.4, -0.2) is 40.3 Å². The molecule has 1 saturated heterocycles. The van der Waals surface area contributed by atoms with Gasteiger partial charge >= 0.3 is 5.97 Å². The number of benzene rings is 1. The number of hydrogen-bond acceptors (Lipinski definition) is 6. The van der Waals surface area contributed by atoms with Crippen molar-refractivity contribution < 1.29 is 26.9 Å². The maximum atomic E-state index is 11.9. The first-order valence-corrected chi connectivity index (χ1v) is 8.01. The molecular formula is C14H18O6S. The van der Waals surface area contributed by atoms with Crippen molar-refractivity contribution in [2.75, 3.05) is 13.7 Å². The van der Waals surface area contributed by atoms with E-state index in [4.69, 9.17) is 8.92 Å². The Bertz CT molecular complexity index is 592. The number of methoxy groups -OCH3 is 1. The second kappa shape index (κ2) is 6.55. The van der Waals surface area contributed by atoms with E-state index in [0.29, 0.717) is 6.42 Å². The molecule has 1 aromatic rings. The van der Waals surface area contributed by atoms with Gasteiger partial charge in [0, 0.05) is 6.42 Å². The van der Waals surface area contributed by atoms with E-state index in [9.17, 15) is 13.2 Å². The van der Waals surface area contributed by atoms with Gasteiger partial charge in [0.25, 0.3) is 10.1 Å². The fourth-order valence-corrected chi connectivity index (χ4v) is 2.79. The molecule has 0 N–H and O–H groups in total. The van der Waals surface area contributed by atoms with Crippen LogP contribution in [0.2, 0.25) is 0 Å². The lowest BCUT2D eigenvalue weighted by atomic mass is 10.2. The Balaban J connectivity index is 1.79. The molecule has 0 bridgehead atoms. The van der Waals surface area contributed by atoms with Gasteiger partial charge in [-0.15, -0.1) is 0 Å². The van der Waals surface area contributed by atoms with Crippen LogP contribution in [0.1, 0.15) is 18.4 Å². The van der Waals surface area contributed by atoms with Gasteiger partial charge in [0.15, 0.2) is 0 Å². The van der Waals surface area contributed by atoms with Gasteiger partial charge < -0.3 is 9.47 Å². The second-order valence-electron chi connectivity index (χ2n) is 4.88. The minimum absolute atomic E-state index is 0.0396. The normalized spacial score (nSPS) is 21.0. The molecule has 2 rings (SSSR count). The van der Waals surface area contributed by atoms with Crippen molar-refractivity contribution in [2.24, 2.45) is 0 Å². The van der Waals surface area contributed by atoms with Crippen LogP contribution in [-0.2, 0) is 28.6 Å². The van der Waals surface area contributed by atoms with Crippen molar-refractivity contribution in [3.8, 4) is 0 Å². The molecule has 0 radical (unpaired) electrons. The lowest BCUT2D eigenvalue weighted by Gasteiger charge is -2.04. The zero-order valence-corrected chi connectivity index (χ0v) is 12.8. The monoisotopic (exact) mass is 314 g/mol. The quantitative estimate of drug-likeness (QED) is 0.430. The first-order valence-electron chi connectivity index (χ1n) is 6.61. The number of rotatable bonds is 7. The van der Waals surface area contributed by atoms with Gasteiger partial charge in [0.2, 0.25) is 0 Å². The fraction of sp³-hybridized carbons (Fsp3) is 0.500. The van der Waals surface area contributed by atoms with Crippen LogP contribution in [0.15, 0.2) is 29.2 Å². The molecule has 1 aliphatic rings. The average Bonchev–Trinajstić information content (AvgIpc) is 3.22. The highest BCUT2D eigenvalue weighted by molar-refractivity contribution is 7.86. The van der Waals surface area contributed by atoms with Crippen molar-refractivity contribution in [3.05, 3.63) is 29.8 Å². The Morgan fingerprint density at radius 2 is 1.90 bits per heavy atom. The van der Waals surface area contributed by atoms with E-state index >= 15 is 0 Å². The van der Waals surface area contributed by atoms with Crippen LogP contribution >= 0.6 is 0 Å². The van der Waals surface area contributed by atoms with Gasteiger partial charge in [0.05, 0.1) is 24.7 Å². The molecule has 2 atom stereocenters. The van der Waals surface area contributed by atoms with Crippen LogP contribution < -0.4 is 0 Å². The predicted octanol–water partition coefficient (Wildman–Crippen LogP) is 1.42. The van der Waals surface area contributed by atoms with Crippen molar-refractivity contribution in [1.29, 1.82) is 0 Å². The lowest BCUT2D eigenvalue weighted by molar-refractivity contribution is -0.140. The molecule has 0 spiro atoms. The summed E-state index contributed by atoms with van der Waals surface area (Å²) >= 11 is 0. The number of epoxide rings is 1. The molecule has 0 aliphatic carbocycles. The van der Waals surface area contributed by atoms with E-state index in [2.05, 4.69) is 4.74 Å². The first-order chi connectivity index (χ1) is 9.92. The summed E-state index contributed by atoms with van der Waals surface area (Å²) in [6.07, 6.45) is 0.334. The van der Waals surface area contributed by atoms with E-state index in [1.807, 2.05) is 6.92 Å². The van der Waals surface area contributed by atoms with Crippen LogP contribution in [0, 0.1) is 6.92 Å². The molecule has 116 valence electrons. The zero-order valence-electron chi connectivity index (χ0n) is 11.9. The number of aryl methyl sites for hydroxylation is 1. The Hall–Kier alpha value is -1.44. The van der Waals surface area contributed by atoms with E-state index in [0.717, 1.165) is 5.56 Å². The van der Waals surface area contributed by atoms with Crippen LogP contribution in [0.5, 0.6) is 0 Å². The Morgan fingerprint density at radius 3 is 2.52 bits per heavy atom. The minimum atomic E-state index is -3.76. The van der Waals surface area contributed by atoms with E-state index in [1.165, 1.54) is 19.2 Å². The third kappa shape index (κ3) is 4.52. The average molecular weight is 314 g/mol.